The number of carbonyl (C=O) groups excluding carboxylic acids is 1. The lowest BCUT2D eigenvalue weighted by Crippen LogP contribution is -2.05. The average Bonchev–Trinajstić information content (AvgIpc) is 2.83. The number of aryl methyl sites for hydroxylation is 1. The number of benzene rings is 2. The number of hydrogen-bond donors (Lipinski definition) is 0. The zero-order valence-electron chi connectivity index (χ0n) is 11.6. The fraction of sp³-hybridized carbons (Fsp3) is 0.0588. The molecule has 0 unspecified atom stereocenters. The summed E-state index contributed by atoms with van der Waals surface area (Å²) >= 11 is 12.0. The molecule has 0 aliphatic carbocycles. The SMILES string of the molecule is Cc1cccc(C2=N/C(=C\c3ccc(Cl)cc3Cl)C(=O)O2)c1. The lowest BCUT2D eigenvalue weighted by Gasteiger charge is -1.99. The van der Waals surface area contributed by atoms with Crippen molar-refractivity contribution in [3.8, 4) is 0 Å². The van der Waals surface area contributed by atoms with Crippen LogP contribution in [-0.2, 0) is 9.53 Å². The Hall–Kier alpha value is -2.10. The van der Waals surface area contributed by atoms with Gasteiger partial charge in [-0.25, -0.2) is 9.79 Å². The van der Waals surface area contributed by atoms with Crippen molar-refractivity contribution in [2.24, 2.45) is 4.99 Å². The third kappa shape index (κ3) is 3.06. The molecule has 0 radical (unpaired) electrons. The van der Waals surface area contributed by atoms with Crippen molar-refractivity contribution in [1.82, 2.24) is 0 Å². The fourth-order valence-corrected chi connectivity index (χ4v) is 2.54. The van der Waals surface area contributed by atoms with Crippen LogP contribution in [0.5, 0.6) is 0 Å². The zero-order valence-corrected chi connectivity index (χ0v) is 13.2. The van der Waals surface area contributed by atoms with E-state index in [4.69, 9.17) is 27.9 Å². The molecule has 1 aliphatic rings. The van der Waals surface area contributed by atoms with Gasteiger partial charge >= 0.3 is 5.97 Å². The Bertz CT molecular complexity index is 825. The van der Waals surface area contributed by atoms with Gasteiger partial charge in [0, 0.05) is 15.6 Å². The molecule has 3 nitrogen and oxygen atoms in total. The van der Waals surface area contributed by atoms with Gasteiger partial charge in [-0.1, -0.05) is 47.0 Å². The molecule has 0 N–H and O–H groups in total. The van der Waals surface area contributed by atoms with Gasteiger partial charge in [-0.2, -0.15) is 0 Å². The molecule has 5 heteroatoms. The van der Waals surface area contributed by atoms with Gasteiger partial charge in [0.2, 0.25) is 5.90 Å². The Kier molecular flexibility index (Phi) is 4.01. The Morgan fingerprint density at radius 1 is 1.14 bits per heavy atom. The van der Waals surface area contributed by atoms with E-state index in [1.807, 2.05) is 31.2 Å². The summed E-state index contributed by atoms with van der Waals surface area (Å²) in [5.74, 6) is -0.201. The Balaban J connectivity index is 1.97. The first-order valence-electron chi connectivity index (χ1n) is 6.57. The van der Waals surface area contributed by atoms with E-state index in [1.165, 1.54) is 0 Å². The van der Waals surface area contributed by atoms with E-state index >= 15 is 0 Å². The second-order valence-electron chi connectivity index (χ2n) is 4.87. The van der Waals surface area contributed by atoms with E-state index in [9.17, 15) is 4.79 Å². The minimum absolute atomic E-state index is 0.209. The molecule has 2 aromatic rings. The van der Waals surface area contributed by atoms with E-state index in [1.54, 1.807) is 24.3 Å². The van der Waals surface area contributed by atoms with Crippen molar-refractivity contribution in [3.05, 3.63) is 74.9 Å². The summed E-state index contributed by atoms with van der Waals surface area (Å²) in [5.41, 5.74) is 2.70. The molecule has 1 heterocycles. The van der Waals surface area contributed by atoms with Crippen molar-refractivity contribution >= 4 is 41.1 Å². The fourth-order valence-electron chi connectivity index (χ4n) is 2.08. The number of halogens is 2. The van der Waals surface area contributed by atoms with Gasteiger partial charge in [0.15, 0.2) is 5.70 Å². The van der Waals surface area contributed by atoms with Gasteiger partial charge in [-0.05, 0) is 42.8 Å². The maximum Gasteiger partial charge on any atom is 0.363 e. The molecule has 0 spiro atoms. The van der Waals surface area contributed by atoms with Gasteiger partial charge in [0.1, 0.15) is 0 Å². The van der Waals surface area contributed by atoms with E-state index in [-0.39, 0.29) is 5.70 Å². The van der Waals surface area contributed by atoms with Crippen molar-refractivity contribution in [1.29, 1.82) is 0 Å². The van der Waals surface area contributed by atoms with Crippen LogP contribution >= 0.6 is 23.2 Å². The van der Waals surface area contributed by atoms with Crippen LogP contribution in [0.2, 0.25) is 10.0 Å². The number of ether oxygens (including phenoxy) is 1. The quantitative estimate of drug-likeness (QED) is 0.593. The minimum Gasteiger partial charge on any atom is -0.402 e. The molecular formula is C17H11Cl2NO2. The first-order valence-corrected chi connectivity index (χ1v) is 7.33. The largest absolute Gasteiger partial charge is 0.402 e. The third-order valence-electron chi connectivity index (χ3n) is 3.14. The normalized spacial score (nSPS) is 15.9. The van der Waals surface area contributed by atoms with E-state index in [0.29, 0.717) is 21.5 Å². The molecule has 0 saturated carbocycles. The molecular weight excluding hydrogens is 321 g/mol. The summed E-state index contributed by atoms with van der Waals surface area (Å²) in [6.07, 6.45) is 1.59. The lowest BCUT2D eigenvalue weighted by molar-refractivity contribution is -0.129. The summed E-state index contributed by atoms with van der Waals surface area (Å²) in [4.78, 5) is 16.2. The highest BCUT2D eigenvalue weighted by molar-refractivity contribution is 6.35. The highest BCUT2D eigenvalue weighted by atomic mass is 35.5. The smallest absolute Gasteiger partial charge is 0.363 e. The van der Waals surface area contributed by atoms with Crippen LogP contribution in [0.3, 0.4) is 0 Å². The molecule has 0 fully saturated rings. The van der Waals surface area contributed by atoms with Crippen molar-refractivity contribution in [2.45, 2.75) is 6.92 Å². The molecule has 2 aromatic carbocycles. The van der Waals surface area contributed by atoms with E-state index in [0.717, 1.165) is 11.1 Å². The van der Waals surface area contributed by atoms with Crippen LogP contribution < -0.4 is 0 Å². The Morgan fingerprint density at radius 2 is 1.95 bits per heavy atom. The second-order valence-corrected chi connectivity index (χ2v) is 5.72. The molecule has 0 saturated heterocycles. The number of aliphatic imine (C=N–C) groups is 1. The molecule has 1 aliphatic heterocycles. The maximum atomic E-state index is 12.0. The standard InChI is InChI=1S/C17H11Cl2NO2/c1-10-3-2-4-12(7-10)16-20-15(17(21)22-16)8-11-5-6-13(18)9-14(11)19/h2-9H,1H3/b15-8-. The number of cyclic esters (lactones) is 1. The predicted molar refractivity (Wildman–Crippen MR) is 88.2 cm³/mol. The van der Waals surface area contributed by atoms with Gasteiger partial charge in [0.05, 0.1) is 0 Å². The van der Waals surface area contributed by atoms with Gasteiger partial charge < -0.3 is 4.74 Å². The molecule has 0 bridgehead atoms. The van der Waals surface area contributed by atoms with Crippen LogP contribution in [0.25, 0.3) is 6.08 Å². The number of carbonyl (C=O) groups is 1. The third-order valence-corrected chi connectivity index (χ3v) is 3.70. The Labute approximate surface area is 137 Å². The van der Waals surface area contributed by atoms with Gasteiger partial charge in [0.25, 0.3) is 0 Å². The number of nitrogens with zero attached hydrogens (tertiary/aromatic N) is 1. The van der Waals surface area contributed by atoms with Gasteiger partial charge in [-0.15, -0.1) is 0 Å². The minimum atomic E-state index is -0.498. The molecule has 0 aromatic heterocycles. The first kappa shape index (κ1) is 14.8. The number of hydrogen-bond acceptors (Lipinski definition) is 3. The second kappa shape index (κ2) is 5.95. The highest BCUT2D eigenvalue weighted by Gasteiger charge is 2.24. The molecule has 110 valence electrons. The molecule has 22 heavy (non-hydrogen) atoms. The predicted octanol–water partition coefficient (Wildman–Crippen LogP) is 4.65. The van der Waals surface area contributed by atoms with Gasteiger partial charge in [-0.3, -0.25) is 0 Å². The van der Waals surface area contributed by atoms with Crippen LogP contribution in [0.15, 0.2) is 53.2 Å². The van der Waals surface area contributed by atoms with Crippen molar-refractivity contribution < 1.29 is 9.53 Å². The van der Waals surface area contributed by atoms with Crippen molar-refractivity contribution in [3.63, 3.8) is 0 Å². The topological polar surface area (TPSA) is 38.7 Å². The molecule has 0 amide bonds. The molecule has 0 atom stereocenters. The van der Waals surface area contributed by atoms with E-state index < -0.39 is 5.97 Å². The number of esters is 1. The summed E-state index contributed by atoms with van der Waals surface area (Å²) in [6, 6.07) is 12.6. The highest BCUT2D eigenvalue weighted by Crippen LogP contribution is 2.25. The monoisotopic (exact) mass is 331 g/mol. The van der Waals surface area contributed by atoms with Crippen LogP contribution in [0.1, 0.15) is 16.7 Å². The Morgan fingerprint density at radius 3 is 2.68 bits per heavy atom. The van der Waals surface area contributed by atoms with Crippen molar-refractivity contribution in [2.75, 3.05) is 0 Å². The summed E-state index contributed by atoms with van der Waals surface area (Å²) in [5, 5.41) is 0.983. The average molecular weight is 332 g/mol. The van der Waals surface area contributed by atoms with Crippen LogP contribution in [0.4, 0.5) is 0 Å². The van der Waals surface area contributed by atoms with E-state index in [2.05, 4.69) is 4.99 Å². The summed E-state index contributed by atoms with van der Waals surface area (Å²) in [6.45, 7) is 1.96. The summed E-state index contributed by atoms with van der Waals surface area (Å²) < 4.78 is 5.22. The number of rotatable bonds is 2. The van der Waals surface area contributed by atoms with Crippen LogP contribution in [-0.4, -0.2) is 11.9 Å². The first-order chi connectivity index (χ1) is 10.5. The molecule has 3 rings (SSSR count). The maximum absolute atomic E-state index is 12.0. The van der Waals surface area contributed by atoms with Crippen LogP contribution in [0, 0.1) is 6.92 Å². The summed E-state index contributed by atoms with van der Waals surface area (Å²) in [7, 11) is 0. The zero-order chi connectivity index (χ0) is 15.7. The lowest BCUT2D eigenvalue weighted by atomic mass is 10.1.